The van der Waals surface area contributed by atoms with Crippen molar-refractivity contribution in [3.8, 4) is 11.4 Å². The maximum absolute atomic E-state index is 12.8. The molecule has 0 saturated carbocycles. The van der Waals surface area contributed by atoms with E-state index in [1.54, 1.807) is 30.1 Å². The number of nitrogens with one attached hydrogen (secondary N) is 2. The zero-order valence-corrected chi connectivity index (χ0v) is 18.7. The van der Waals surface area contributed by atoms with Crippen LogP contribution in [-0.2, 0) is 4.79 Å². The summed E-state index contributed by atoms with van der Waals surface area (Å²) >= 11 is 0. The number of nitrogens with zero attached hydrogens (tertiary/aromatic N) is 2. The second kappa shape index (κ2) is 8.63. The molecule has 7 nitrogen and oxygen atoms in total. The van der Waals surface area contributed by atoms with Crippen LogP contribution in [0, 0.1) is 19.3 Å². The van der Waals surface area contributed by atoms with Gasteiger partial charge in [0.05, 0.1) is 7.11 Å². The van der Waals surface area contributed by atoms with Crippen molar-refractivity contribution in [2.24, 2.45) is 5.41 Å². The van der Waals surface area contributed by atoms with Crippen molar-refractivity contribution >= 4 is 23.2 Å². The Morgan fingerprint density at radius 2 is 1.74 bits per heavy atom. The molecule has 7 heteroatoms. The van der Waals surface area contributed by atoms with Crippen molar-refractivity contribution < 1.29 is 14.3 Å². The lowest BCUT2D eigenvalue weighted by Gasteiger charge is -2.18. The van der Waals surface area contributed by atoms with Crippen LogP contribution in [0.5, 0.6) is 5.75 Å². The predicted octanol–water partition coefficient (Wildman–Crippen LogP) is 4.73. The summed E-state index contributed by atoms with van der Waals surface area (Å²) in [4.78, 5) is 25.1. The van der Waals surface area contributed by atoms with Crippen LogP contribution in [0.4, 0.5) is 11.4 Å². The van der Waals surface area contributed by atoms with E-state index in [4.69, 9.17) is 4.74 Å². The Balaban J connectivity index is 1.81. The highest BCUT2D eigenvalue weighted by atomic mass is 16.5. The molecule has 3 rings (SSSR count). The highest BCUT2D eigenvalue weighted by Gasteiger charge is 2.21. The molecule has 31 heavy (non-hydrogen) atoms. The van der Waals surface area contributed by atoms with Gasteiger partial charge in [0.25, 0.3) is 5.91 Å². The summed E-state index contributed by atoms with van der Waals surface area (Å²) in [5.41, 5.74) is 3.67. The lowest BCUT2D eigenvalue weighted by Crippen LogP contribution is -2.27. The van der Waals surface area contributed by atoms with Crippen LogP contribution in [0.15, 0.2) is 48.7 Å². The van der Waals surface area contributed by atoms with E-state index in [9.17, 15) is 9.59 Å². The van der Waals surface area contributed by atoms with Crippen molar-refractivity contribution in [3.05, 3.63) is 65.5 Å². The summed E-state index contributed by atoms with van der Waals surface area (Å²) in [6.07, 6.45) is 1.72. The van der Waals surface area contributed by atoms with Gasteiger partial charge in [0.2, 0.25) is 5.91 Å². The number of rotatable bonds is 5. The number of ether oxygens (including phenoxy) is 1. The molecular weight excluding hydrogens is 392 g/mol. The highest BCUT2D eigenvalue weighted by Crippen LogP contribution is 2.25. The number of carbonyl (C=O) groups is 2. The molecule has 2 amide bonds. The van der Waals surface area contributed by atoms with Gasteiger partial charge in [0, 0.05) is 23.0 Å². The summed E-state index contributed by atoms with van der Waals surface area (Å²) in [5.74, 6) is 0.228. The summed E-state index contributed by atoms with van der Waals surface area (Å²) in [6.45, 7) is 9.41. The van der Waals surface area contributed by atoms with Crippen molar-refractivity contribution in [3.63, 3.8) is 0 Å². The third kappa shape index (κ3) is 5.12. The van der Waals surface area contributed by atoms with E-state index in [0.717, 1.165) is 16.8 Å². The van der Waals surface area contributed by atoms with Gasteiger partial charge < -0.3 is 15.4 Å². The monoisotopic (exact) mass is 420 g/mol. The molecule has 1 heterocycles. The molecule has 0 fully saturated rings. The molecule has 2 N–H and O–H groups in total. The number of benzene rings is 2. The average Bonchev–Trinajstić information content (AvgIpc) is 3.20. The Kier molecular flexibility index (Phi) is 6.15. The second-order valence-electron chi connectivity index (χ2n) is 8.51. The second-order valence-corrected chi connectivity index (χ2v) is 8.51. The maximum Gasteiger partial charge on any atom is 0.276 e. The first kappa shape index (κ1) is 22.1. The van der Waals surface area contributed by atoms with Gasteiger partial charge >= 0.3 is 0 Å². The zero-order valence-electron chi connectivity index (χ0n) is 18.7. The van der Waals surface area contributed by atoms with Crippen molar-refractivity contribution in [1.82, 2.24) is 9.78 Å². The smallest absolute Gasteiger partial charge is 0.276 e. The van der Waals surface area contributed by atoms with Crippen molar-refractivity contribution in [2.75, 3.05) is 17.7 Å². The maximum atomic E-state index is 12.8. The van der Waals surface area contributed by atoms with Crippen LogP contribution in [0.25, 0.3) is 5.69 Å². The quantitative estimate of drug-likeness (QED) is 0.625. The zero-order chi connectivity index (χ0) is 22.8. The predicted molar refractivity (Wildman–Crippen MR) is 122 cm³/mol. The topological polar surface area (TPSA) is 85.2 Å². The fourth-order valence-corrected chi connectivity index (χ4v) is 2.90. The first-order chi connectivity index (χ1) is 14.6. The van der Waals surface area contributed by atoms with Gasteiger partial charge in [-0.3, -0.25) is 9.59 Å². The van der Waals surface area contributed by atoms with E-state index in [0.29, 0.717) is 17.1 Å². The number of anilines is 2. The number of amides is 2. The Morgan fingerprint density at radius 3 is 2.42 bits per heavy atom. The van der Waals surface area contributed by atoms with Crippen LogP contribution < -0.4 is 15.4 Å². The van der Waals surface area contributed by atoms with Gasteiger partial charge in [-0.15, -0.1) is 0 Å². The van der Waals surface area contributed by atoms with Gasteiger partial charge in [-0.05, 0) is 55.3 Å². The molecule has 1 aromatic heterocycles. The lowest BCUT2D eigenvalue weighted by atomic mass is 9.95. The minimum Gasteiger partial charge on any atom is -0.494 e. The fraction of sp³-hybridized carbons (Fsp3) is 0.292. The van der Waals surface area contributed by atoms with Crippen LogP contribution in [0.2, 0.25) is 0 Å². The molecule has 0 bridgehead atoms. The van der Waals surface area contributed by atoms with E-state index in [2.05, 4.69) is 15.7 Å². The van der Waals surface area contributed by atoms with Gasteiger partial charge in [-0.1, -0.05) is 32.9 Å². The third-order valence-corrected chi connectivity index (χ3v) is 4.83. The van der Waals surface area contributed by atoms with Crippen LogP contribution in [-0.4, -0.2) is 28.7 Å². The molecule has 0 spiro atoms. The van der Waals surface area contributed by atoms with Crippen LogP contribution in [0.1, 0.15) is 42.4 Å². The van der Waals surface area contributed by atoms with E-state index in [1.165, 1.54) is 0 Å². The Morgan fingerprint density at radius 1 is 1.00 bits per heavy atom. The molecule has 0 aliphatic carbocycles. The van der Waals surface area contributed by atoms with Crippen molar-refractivity contribution in [2.45, 2.75) is 34.6 Å². The molecule has 162 valence electrons. The standard InChI is InChI=1S/C24H28N4O3/c1-15-7-10-21(31-6)20(13-15)28-12-11-18(27-28)22(29)26-19-14-17(9-8-16(19)2)25-23(30)24(3,4)5/h7-14H,1-6H3,(H,25,30)(H,26,29). The molecule has 3 aromatic rings. The van der Waals surface area contributed by atoms with Gasteiger partial charge in [-0.2, -0.15) is 5.10 Å². The number of aromatic nitrogens is 2. The first-order valence-corrected chi connectivity index (χ1v) is 10.0. The Hall–Kier alpha value is -3.61. The summed E-state index contributed by atoms with van der Waals surface area (Å²) < 4.78 is 7.03. The summed E-state index contributed by atoms with van der Waals surface area (Å²) in [5, 5.41) is 10.2. The number of methoxy groups -OCH3 is 1. The van der Waals surface area contributed by atoms with Gasteiger partial charge in [-0.25, -0.2) is 4.68 Å². The molecule has 0 aliphatic heterocycles. The minimum absolute atomic E-state index is 0.0977. The minimum atomic E-state index is -0.516. The molecule has 0 aliphatic rings. The van der Waals surface area contributed by atoms with E-state index >= 15 is 0 Å². The van der Waals surface area contributed by atoms with E-state index < -0.39 is 5.41 Å². The number of aryl methyl sites for hydroxylation is 2. The van der Waals surface area contributed by atoms with Gasteiger partial charge in [0.15, 0.2) is 5.69 Å². The number of hydrogen-bond acceptors (Lipinski definition) is 4. The average molecular weight is 421 g/mol. The van der Waals surface area contributed by atoms with Crippen LogP contribution in [0.3, 0.4) is 0 Å². The Bertz CT molecular complexity index is 1130. The van der Waals surface area contributed by atoms with E-state index in [-0.39, 0.29) is 17.5 Å². The first-order valence-electron chi connectivity index (χ1n) is 10.0. The fourth-order valence-electron chi connectivity index (χ4n) is 2.90. The van der Waals surface area contributed by atoms with Gasteiger partial charge in [0.1, 0.15) is 11.4 Å². The largest absolute Gasteiger partial charge is 0.494 e. The molecule has 0 atom stereocenters. The SMILES string of the molecule is COc1ccc(C)cc1-n1ccc(C(=O)Nc2cc(NC(=O)C(C)(C)C)ccc2C)n1. The molecule has 2 aromatic carbocycles. The molecule has 0 saturated heterocycles. The van der Waals surface area contributed by atoms with Crippen LogP contribution >= 0.6 is 0 Å². The third-order valence-electron chi connectivity index (χ3n) is 4.83. The summed E-state index contributed by atoms with van der Waals surface area (Å²) in [7, 11) is 1.60. The molecule has 0 radical (unpaired) electrons. The van der Waals surface area contributed by atoms with E-state index in [1.807, 2.05) is 65.0 Å². The molecule has 0 unspecified atom stereocenters. The Labute approximate surface area is 182 Å². The number of carbonyl (C=O) groups excluding carboxylic acids is 2. The van der Waals surface area contributed by atoms with Crippen molar-refractivity contribution in [1.29, 1.82) is 0 Å². The normalized spacial score (nSPS) is 11.2. The molecular formula is C24H28N4O3. The lowest BCUT2D eigenvalue weighted by molar-refractivity contribution is -0.123. The number of hydrogen-bond donors (Lipinski definition) is 2. The summed E-state index contributed by atoms with van der Waals surface area (Å²) in [6, 6.07) is 12.8. The highest BCUT2D eigenvalue weighted by molar-refractivity contribution is 6.04.